The summed E-state index contributed by atoms with van der Waals surface area (Å²) >= 11 is 0. The molecule has 1 aliphatic heterocycles. The number of aryl methyl sites for hydroxylation is 1. The zero-order valence-corrected chi connectivity index (χ0v) is 23.2. The molecule has 2 amide bonds. The molecular formula is C27H39BN6O4. The molecule has 3 aliphatic carbocycles. The Morgan fingerprint density at radius 1 is 1.18 bits per heavy atom. The van der Waals surface area contributed by atoms with Gasteiger partial charge in [-0.25, -0.2) is 9.97 Å². The van der Waals surface area contributed by atoms with Crippen molar-refractivity contribution in [1.82, 2.24) is 30.2 Å². The van der Waals surface area contributed by atoms with Gasteiger partial charge >= 0.3 is 7.12 Å². The van der Waals surface area contributed by atoms with Crippen molar-refractivity contribution in [2.45, 2.75) is 84.0 Å². The third-order valence-electron chi connectivity index (χ3n) is 8.94. The number of carbonyl (C=O) groups excluding carboxylic acids is 2. The predicted molar refractivity (Wildman–Crippen MR) is 142 cm³/mol. The van der Waals surface area contributed by atoms with Crippen molar-refractivity contribution >= 4 is 18.9 Å². The average Bonchev–Trinajstić information content (AvgIpc) is 3.45. The molecule has 38 heavy (non-hydrogen) atoms. The van der Waals surface area contributed by atoms with Gasteiger partial charge in [0.25, 0.3) is 5.91 Å². The smallest absolute Gasteiger partial charge is 0.404 e. The first kappa shape index (κ1) is 26.8. The molecule has 10 nitrogen and oxygen atoms in total. The van der Waals surface area contributed by atoms with Crippen LogP contribution >= 0.6 is 0 Å². The standard InChI is InChI=1S/C27H39BN6O4/c1-16(2)11-21(28-37-23-18-12-17(26(18,3)4)14-27(23,5)38-28)33-24(35)19(13-22-31-9-10-34(22)6)32-25(36)20-15-29-7-8-30-20/h7-10,15-19,21,23H,11-14H2,1-6H3,(H,32,36)(H,33,35)/t17?,18-,19?,21+,23-,27+/m1/s1. The molecule has 1 saturated heterocycles. The number of hydrogen-bond acceptors (Lipinski definition) is 7. The molecule has 2 aromatic heterocycles. The van der Waals surface area contributed by atoms with Crippen LogP contribution in [0, 0.1) is 23.2 Å². The number of amides is 2. The number of imidazole rings is 1. The van der Waals surface area contributed by atoms with E-state index in [1.165, 1.54) is 25.0 Å². The van der Waals surface area contributed by atoms with Gasteiger partial charge in [-0.3, -0.25) is 14.6 Å². The minimum Gasteiger partial charge on any atom is -0.404 e. The Morgan fingerprint density at radius 3 is 2.61 bits per heavy atom. The molecular weight excluding hydrogens is 483 g/mol. The molecule has 6 rings (SSSR count). The minimum absolute atomic E-state index is 0.0128. The third-order valence-corrected chi connectivity index (χ3v) is 8.94. The largest absolute Gasteiger partial charge is 0.481 e. The van der Waals surface area contributed by atoms with Crippen LogP contribution in [0.5, 0.6) is 0 Å². The summed E-state index contributed by atoms with van der Waals surface area (Å²) in [5.41, 5.74) is 0.0435. The maximum absolute atomic E-state index is 13.8. The van der Waals surface area contributed by atoms with E-state index in [4.69, 9.17) is 9.31 Å². The first-order valence-electron chi connectivity index (χ1n) is 13.6. The summed E-state index contributed by atoms with van der Waals surface area (Å²) < 4.78 is 15.1. The molecule has 3 saturated carbocycles. The van der Waals surface area contributed by atoms with Crippen molar-refractivity contribution in [3.8, 4) is 0 Å². The van der Waals surface area contributed by atoms with Crippen LogP contribution in [0.3, 0.4) is 0 Å². The summed E-state index contributed by atoms with van der Waals surface area (Å²) in [5, 5.41) is 6.02. The van der Waals surface area contributed by atoms with E-state index >= 15 is 0 Å². The Bertz CT molecular complexity index is 1170. The van der Waals surface area contributed by atoms with E-state index in [1.54, 1.807) is 6.20 Å². The molecule has 4 aliphatic rings. The summed E-state index contributed by atoms with van der Waals surface area (Å²) in [5.74, 6) is 0.924. The van der Waals surface area contributed by atoms with Crippen LogP contribution in [0.2, 0.25) is 0 Å². The maximum atomic E-state index is 13.8. The highest BCUT2D eigenvalue weighted by Gasteiger charge is 2.67. The number of nitrogens with zero attached hydrogens (tertiary/aromatic N) is 4. The maximum Gasteiger partial charge on any atom is 0.481 e. The van der Waals surface area contributed by atoms with Crippen molar-refractivity contribution in [1.29, 1.82) is 0 Å². The van der Waals surface area contributed by atoms with Gasteiger partial charge in [0.1, 0.15) is 17.6 Å². The fraction of sp³-hybridized carbons (Fsp3) is 0.667. The second-order valence-corrected chi connectivity index (χ2v) is 12.4. The third kappa shape index (κ3) is 4.98. The number of rotatable bonds is 9. The van der Waals surface area contributed by atoms with E-state index in [2.05, 4.69) is 60.2 Å². The monoisotopic (exact) mass is 522 g/mol. The fourth-order valence-electron chi connectivity index (χ4n) is 6.58. The van der Waals surface area contributed by atoms with Gasteiger partial charge in [0.05, 0.1) is 23.8 Å². The van der Waals surface area contributed by atoms with Crippen LogP contribution in [-0.2, 0) is 27.6 Å². The van der Waals surface area contributed by atoms with Crippen molar-refractivity contribution < 1.29 is 18.9 Å². The first-order valence-corrected chi connectivity index (χ1v) is 13.6. The van der Waals surface area contributed by atoms with Crippen LogP contribution in [0.25, 0.3) is 0 Å². The SMILES string of the molecule is CC(C)C[C@H](NC(=O)C(Cc1nccn1C)NC(=O)c1cnccn1)B1O[C@@H]2[C@H]3CC(C[C@]2(C)O1)C3(C)C. The van der Waals surface area contributed by atoms with Gasteiger partial charge in [0.2, 0.25) is 5.91 Å². The molecule has 2 bridgehead atoms. The molecule has 3 heterocycles. The number of hydrogen-bond donors (Lipinski definition) is 2. The zero-order chi connectivity index (χ0) is 27.2. The highest BCUT2D eigenvalue weighted by atomic mass is 16.7. The first-order chi connectivity index (χ1) is 18.0. The Morgan fingerprint density at radius 2 is 1.97 bits per heavy atom. The van der Waals surface area contributed by atoms with Gasteiger partial charge in [-0.05, 0) is 49.4 Å². The average molecular weight is 522 g/mol. The lowest BCUT2D eigenvalue weighted by atomic mass is 9.45. The van der Waals surface area contributed by atoms with E-state index in [0.29, 0.717) is 30.0 Å². The minimum atomic E-state index is -0.869. The Labute approximate surface area is 224 Å². The summed E-state index contributed by atoms with van der Waals surface area (Å²) in [6.45, 7) is 11.1. The summed E-state index contributed by atoms with van der Waals surface area (Å²) in [6, 6.07) is -0.869. The lowest BCUT2D eigenvalue weighted by molar-refractivity contribution is -0.185. The number of nitrogens with one attached hydrogen (secondary N) is 2. The van der Waals surface area contributed by atoms with E-state index in [1.807, 2.05) is 17.8 Å². The predicted octanol–water partition coefficient (Wildman–Crippen LogP) is 2.35. The van der Waals surface area contributed by atoms with Gasteiger partial charge < -0.3 is 24.5 Å². The quantitative estimate of drug-likeness (QED) is 0.485. The highest BCUT2D eigenvalue weighted by molar-refractivity contribution is 6.48. The van der Waals surface area contributed by atoms with Crippen molar-refractivity contribution in [2.24, 2.45) is 30.2 Å². The zero-order valence-electron chi connectivity index (χ0n) is 23.2. The van der Waals surface area contributed by atoms with Gasteiger partial charge in [-0.15, -0.1) is 0 Å². The van der Waals surface area contributed by atoms with E-state index in [-0.39, 0.29) is 41.1 Å². The lowest BCUT2D eigenvalue weighted by Crippen LogP contribution is -2.63. The summed E-state index contributed by atoms with van der Waals surface area (Å²) in [4.78, 5) is 39.1. The van der Waals surface area contributed by atoms with E-state index in [0.717, 1.165) is 6.42 Å². The molecule has 204 valence electrons. The lowest BCUT2D eigenvalue weighted by Gasteiger charge is -2.63. The second-order valence-electron chi connectivity index (χ2n) is 12.4. The van der Waals surface area contributed by atoms with Gasteiger partial charge in [-0.2, -0.15) is 0 Å². The normalized spacial score (nSPS) is 28.8. The molecule has 0 spiro atoms. The molecule has 2 aromatic rings. The van der Waals surface area contributed by atoms with Crippen molar-refractivity contribution in [3.05, 3.63) is 42.5 Å². The van der Waals surface area contributed by atoms with Gasteiger partial charge in [0, 0.05) is 38.3 Å². The van der Waals surface area contributed by atoms with E-state index < -0.39 is 19.1 Å². The molecule has 11 heteroatoms. The molecule has 6 atom stereocenters. The summed E-state index contributed by atoms with van der Waals surface area (Å²) in [7, 11) is 1.31. The second kappa shape index (κ2) is 10.1. The number of carbonyl (C=O) groups is 2. The molecule has 2 unspecified atom stereocenters. The molecule has 0 aromatic carbocycles. The highest BCUT2D eigenvalue weighted by Crippen LogP contribution is 2.64. The molecule has 0 radical (unpaired) electrons. The Hall–Kier alpha value is -2.79. The van der Waals surface area contributed by atoms with Crippen LogP contribution in [0.1, 0.15) is 70.2 Å². The van der Waals surface area contributed by atoms with Gasteiger partial charge in [-0.1, -0.05) is 27.7 Å². The molecule has 2 N–H and O–H groups in total. The number of aromatic nitrogens is 4. The van der Waals surface area contributed by atoms with Crippen LogP contribution in [0.15, 0.2) is 31.0 Å². The van der Waals surface area contributed by atoms with Crippen LogP contribution in [-0.4, -0.2) is 62.1 Å². The Balaban J connectivity index is 1.34. The summed E-state index contributed by atoms with van der Waals surface area (Å²) in [6.07, 6.45) is 10.9. The molecule has 4 fully saturated rings. The van der Waals surface area contributed by atoms with Crippen molar-refractivity contribution in [3.63, 3.8) is 0 Å². The van der Waals surface area contributed by atoms with Crippen molar-refractivity contribution in [2.75, 3.05) is 0 Å². The van der Waals surface area contributed by atoms with Crippen LogP contribution in [0.4, 0.5) is 0 Å². The van der Waals surface area contributed by atoms with E-state index in [9.17, 15) is 9.59 Å². The van der Waals surface area contributed by atoms with Gasteiger partial charge in [0.15, 0.2) is 0 Å². The topological polar surface area (TPSA) is 120 Å². The fourth-order valence-corrected chi connectivity index (χ4v) is 6.58. The Kier molecular flexibility index (Phi) is 7.11. The van der Waals surface area contributed by atoms with Crippen LogP contribution < -0.4 is 10.6 Å².